The van der Waals surface area contributed by atoms with Crippen molar-refractivity contribution < 1.29 is 9.59 Å². The summed E-state index contributed by atoms with van der Waals surface area (Å²) >= 11 is 11.4. The molecule has 13 heavy (non-hydrogen) atoms. The quantitative estimate of drug-likeness (QED) is 0.575. The number of carbonyl (C=O) groups excluding carboxylic acids is 2. The van der Waals surface area contributed by atoms with Crippen molar-refractivity contribution in [1.29, 1.82) is 0 Å². The van der Waals surface area contributed by atoms with Gasteiger partial charge < -0.3 is 0 Å². The van der Waals surface area contributed by atoms with Crippen LogP contribution in [-0.4, -0.2) is 12.1 Å². The highest BCUT2D eigenvalue weighted by Crippen LogP contribution is 2.21. The van der Waals surface area contributed by atoms with Gasteiger partial charge in [-0.3, -0.25) is 9.59 Å². The maximum absolute atomic E-state index is 10.8. The van der Waals surface area contributed by atoms with Crippen LogP contribution in [0.25, 0.3) is 0 Å². The molecular formula is C9H6Cl2O2. The second-order valence-corrected chi connectivity index (χ2v) is 3.34. The zero-order valence-electron chi connectivity index (χ0n) is 6.59. The monoisotopic (exact) mass is 216 g/mol. The standard InChI is InChI=1S/C9H6Cl2O2/c10-7-2-1-6(9(11)4-7)3-8(13)5-12/h1-2,4-5H,3H2. The van der Waals surface area contributed by atoms with E-state index in [1.54, 1.807) is 12.1 Å². The van der Waals surface area contributed by atoms with Gasteiger partial charge in [-0.1, -0.05) is 29.3 Å². The molecule has 0 spiro atoms. The average Bonchev–Trinajstić information content (AvgIpc) is 2.09. The lowest BCUT2D eigenvalue weighted by molar-refractivity contribution is -0.129. The molecule has 4 heteroatoms. The van der Waals surface area contributed by atoms with Crippen LogP contribution >= 0.6 is 23.2 Å². The normalized spacial score (nSPS) is 9.69. The van der Waals surface area contributed by atoms with E-state index in [1.165, 1.54) is 6.07 Å². The van der Waals surface area contributed by atoms with Gasteiger partial charge in [-0.15, -0.1) is 0 Å². The Kier molecular flexibility index (Phi) is 3.46. The predicted octanol–water partition coefficient (Wildman–Crippen LogP) is 2.30. The first kappa shape index (κ1) is 10.2. The summed E-state index contributed by atoms with van der Waals surface area (Å²) in [7, 11) is 0. The molecule has 0 heterocycles. The van der Waals surface area contributed by atoms with Crippen LogP contribution in [0.4, 0.5) is 0 Å². The lowest BCUT2D eigenvalue weighted by Gasteiger charge is -2.00. The summed E-state index contributed by atoms with van der Waals surface area (Å²) in [5.74, 6) is -0.496. The number of carbonyl (C=O) groups is 2. The Balaban J connectivity index is 2.89. The van der Waals surface area contributed by atoms with E-state index in [9.17, 15) is 9.59 Å². The second kappa shape index (κ2) is 4.40. The summed E-state index contributed by atoms with van der Waals surface area (Å²) in [4.78, 5) is 20.8. The number of rotatable bonds is 3. The van der Waals surface area contributed by atoms with E-state index in [-0.39, 0.29) is 12.7 Å². The highest BCUT2D eigenvalue weighted by atomic mass is 35.5. The van der Waals surface area contributed by atoms with E-state index < -0.39 is 5.78 Å². The number of halogens is 2. The molecule has 1 aromatic rings. The Morgan fingerprint density at radius 3 is 2.62 bits per heavy atom. The Morgan fingerprint density at radius 1 is 1.38 bits per heavy atom. The van der Waals surface area contributed by atoms with Crippen molar-refractivity contribution in [3.05, 3.63) is 33.8 Å². The Labute approximate surface area is 85.5 Å². The summed E-state index contributed by atoms with van der Waals surface area (Å²) in [6, 6.07) is 4.80. The minimum absolute atomic E-state index is 0.0273. The second-order valence-electron chi connectivity index (χ2n) is 2.50. The Hall–Kier alpha value is -0.860. The van der Waals surface area contributed by atoms with Crippen LogP contribution in [0.3, 0.4) is 0 Å². The number of benzene rings is 1. The van der Waals surface area contributed by atoms with E-state index in [4.69, 9.17) is 23.2 Å². The zero-order chi connectivity index (χ0) is 9.84. The highest BCUT2D eigenvalue weighted by Gasteiger charge is 2.05. The first-order valence-electron chi connectivity index (χ1n) is 3.55. The number of Topliss-reactive ketones (excluding diaryl/α,β-unsaturated/α-hetero) is 1. The summed E-state index contributed by atoms with van der Waals surface area (Å²) in [5.41, 5.74) is 0.614. The SMILES string of the molecule is O=CC(=O)Cc1ccc(Cl)cc1Cl. The van der Waals surface area contributed by atoms with Gasteiger partial charge in [0.25, 0.3) is 0 Å². The van der Waals surface area contributed by atoms with Crippen molar-refractivity contribution in [1.82, 2.24) is 0 Å². The molecule has 0 aromatic heterocycles. The topological polar surface area (TPSA) is 34.1 Å². The van der Waals surface area contributed by atoms with Gasteiger partial charge in [0.2, 0.25) is 0 Å². The van der Waals surface area contributed by atoms with Crippen molar-refractivity contribution in [2.24, 2.45) is 0 Å². The average molecular weight is 217 g/mol. The van der Waals surface area contributed by atoms with Crippen molar-refractivity contribution in [2.45, 2.75) is 6.42 Å². The Morgan fingerprint density at radius 2 is 2.08 bits per heavy atom. The summed E-state index contributed by atoms with van der Waals surface area (Å²) in [6.45, 7) is 0. The van der Waals surface area contributed by atoms with Gasteiger partial charge >= 0.3 is 0 Å². The first-order valence-corrected chi connectivity index (χ1v) is 4.31. The molecule has 1 rings (SSSR count). The van der Waals surface area contributed by atoms with E-state index in [2.05, 4.69) is 0 Å². The van der Waals surface area contributed by atoms with Crippen LogP contribution in [0.1, 0.15) is 5.56 Å². The predicted molar refractivity (Wildman–Crippen MR) is 51.2 cm³/mol. The zero-order valence-corrected chi connectivity index (χ0v) is 8.10. The molecular weight excluding hydrogens is 211 g/mol. The van der Waals surface area contributed by atoms with Gasteiger partial charge in [0.1, 0.15) is 0 Å². The molecule has 0 saturated heterocycles. The third-order valence-corrected chi connectivity index (χ3v) is 2.10. The summed E-state index contributed by atoms with van der Waals surface area (Å²) < 4.78 is 0. The van der Waals surface area contributed by atoms with E-state index in [1.807, 2.05) is 0 Å². The number of ketones is 1. The maximum Gasteiger partial charge on any atom is 0.199 e. The lowest BCUT2D eigenvalue weighted by atomic mass is 10.1. The molecule has 0 bridgehead atoms. The number of hydrogen-bond donors (Lipinski definition) is 0. The third-order valence-electron chi connectivity index (χ3n) is 1.51. The van der Waals surface area contributed by atoms with Gasteiger partial charge in [0.05, 0.1) is 0 Å². The molecule has 68 valence electrons. The molecule has 0 fully saturated rings. The van der Waals surface area contributed by atoms with Crippen molar-refractivity contribution in [3.8, 4) is 0 Å². The molecule has 0 unspecified atom stereocenters. The Bertz CT molecular complexity index is 347. The van der Waals surface area contributed by atoms with Gasteiger partial charge in [-0.2, -0.15) is 0 Å². The largest absolute Gasteiger partial charge is 0.295 e. The van der Waals surface area contributed by atoms with E-state index in [0.29, 0.717) is 15.6 Å². The molecule has 0 amide bonds. The third kappa shape index (κ3) is 2.83. The van der Waals surface area contributed by atoms with Crippen molar-refractivity contribution in [2.75, 3.05) is 0 Å². The number of hydrogen-bond acceptors (Lipinski definition) is 2. The van der Waals surface area contributed by atoms with Crippen LogP contribution in [0, 0.1) is 0 Å². The van der Waals surface area contributed by atoms with Crippen LogP contribution in [0.2, 0.25) is 10.0 Å². The van der Waals surface area contributed by atoms with Crippen LogP contribution in [0.5, 0.6) is 0 Å². The molecule has 0 radical (unpaired) electrons. The molecule has 2 nitrogen and oxygen atoms in total. The van der Waals surface area contributed by atoms with Gasteiger partial charge in [-0.05, 0) is 17.7 Å². The summed E-state index contributed by atoms with van der Waals surface area (Å²) in [5, 5.41) is 0.912. The van der Waals surface area contributed by atoms with E-state index >= 15 is 0 Å². The lowest BCUT2D eigenvalue weighted by Crippen LogP contribution is -2.03. The minimum Gasteiger partial charge on any atom is -0.295 e. The van der Waals surface area contributed by atoms with Gasteiger partial charge in [0.15, 0.2) is 12.1 Å². The molecule has 0 aliphatic heterocycles. The van der Waals surface area contributed by atoms with Crippen LogP contribution < -0.4 is 0 Å². The summed E-state index contributed by atoms with van der Waals surface area (Å²) in [6.07, 6.45) is 0.310. The van der Waals surface area contributed by atoms with Crippen molar-refractivity contribution in [3.63, 3.8) is 0 Å². The molecule has 0 aliphatic rings. The molecule has 1 aromatic carbocycles. The fourth-order valence-corrected chi connectivity index (χ4v) is 1.37. The highest BCUT2D eigenvalue weighted by molar-refractivity contribution is 6.35. The van der Waals surface area contributed by atoms with Crippen molar-refractivity contribution >= 4 is 35.3 Å². The number of aldehydes is 1. The van der Waals surface area contributed by atoms with Crippen LogP contribution in [0.15, 0.2) is 18.2 Å². The van der Waals surface area contributed by atoms with Crippen LogP contribution in [-0.2, 0) is 16.0 Å². The van der Waals surface area contributed by atoms with Gasteiger partial charge in [-0.25, -0.2) is 0 Å². The molecule has 0 atom stereocenters. The fraction of sp³-hybridized carbons (Fsp3) is 0.111. The maximum atomic E-state index is 10.8. The van der Waals surface area contributed by atoms with E-state index in [0.717, 1.165) is 0 Å². The minimum atomic E-state index is -0.496. The van der Waals surface area contributed by atoms with Gasteiger partial charge in [0, 0.05) is 16.5 Å². The fourth-order valence-electron chi connectivity index (χ4n) is 0.894. The molecule has 0 N–H and O–H groups in total. The molecule has 0 saturated carbocycles. The molecule has 0 aliphatic carbocycles. The smallest absolute Gasteiger partial charge is 0.199 e. The first-order chi connectivity index (χ1) is 6.13.